The van der Waals surface area contributed by atoms with E-state index >= 15 is 0 Å². The normalized spacial score (nSPS) is 20.8. The lowest BCUT2D eigenvalue weighted by Gasteiger charge is -2.45. The molecular formula is C25H29N7O3S. The molecule has 6 rings (SSSR count). The molecule has 0 aromatic carbocycles. The molecule has 0 spiro atoms. The van der Waals surface area contributed by atoms with Crippen molar-refractivity contribution < 1.29 is 13.7 Å². The van der Waals surface area contributed by atoms with Crippen LogP contribution in [0.2, 0.25) is 0 Å². The van der Waals surface area contributed by atoms with Crippen LogP contribution in [0.25, 0.3) is 0 Å². The van der Waals surface area contributed by atoms with Gasteiger partial charge in [0.25, 0.3) is 0 Å². The SMILES string of the molecule is c1csc(CC2=C(Cc3ncco3)NC(Cc3ccon3)(CN3CCOCC3)N2Cc2ccn[nH]2)c1. The maximum Gasteiger partial charge on any atom is 0.199 e. The maximum absolute atomic E-state index is 5.67. The molecule has 1 unspecified atom stereocenters. The fourth-order valence-electron chi connectivity index (χ4n) is 5.13. The van der Waals surface area contributed by atoms with Gasteiger partial charge in [0.05, 0.1) is 43.8 Å². The Morgan fingerprint density at radius 3 is 2.75 bits per heavy atom. The van der Waals surface area contributed by atoms with E-state index in [4.69, 9.17) is 13.7 Å². The van der Waals surface area contributed by atoms with E-state index < -0.39 is 5.66 Å². The molecule has 0 saturated carbocycles. The van der Waals surface area contributed by atoms with Gasteiger partial charge in [0.15, 0.2) is 5.89 Å². The number of aromatic nitrogens is 4. The van der Waals surface area contributed by atoms with E-state index in [1.165, 1.54) is 10.6 Å². The summed E-state index contributed by atoms with van der Waals surface area (Å²) in [6.07, 6.45) is 8.81. The molecule has 0 aliphatic carbocycles. The summed E-state index contributed by atoms with van der Waals surface area (Å²) in [5, 5.41) is 17.8. The second kappa shape index (κ2) is 10.3. The van der Waals surface area contributed by atoms with Gasteiger partial charge in [-0.25, -0.2) is 4.98 Å². The molecule has 1 saturated heterocycles. The van der Waals surface area contributed by atoms with E-state index in [0.717, 1.165) is 56.4 Å². The van der Waals surface area contributed by atoms with Crippen LogP contribution < -0.4 is 5.32 Å². The number of aromatic amines is 1. The molecule has 0 amide bonds. The zero-order valence-electron chi connectivity index (χ0n) is 19.9. The van der Waals surface area contributed by atoms with Gasteiger partial charge in [-0.3, -0.25) is 10.00 Å². The van der Waals surface area contributed by atoms with Gasteiger partial charge in [-0.15, -0.1) is 11.3 Å². The van der Waals surface area contributed by atoms with Gasteiger partial charge in [0.1, 0.15) is 18.2 Å². The second-order valence-corrected chi connectivity index (χ2v) is 10.2. The van der Waals surface area contributed by atoms with Crippen molar-refractivity contribution in [1.29, 1.82) is 0 Å². The van der Waals surface area contributed by atoms with Crippen LogP contribution >= 0.6 is 11.3 Å². The molecule has 2 N–H and O–H groups in total. The first-order valence-electron chi connectivity index (χ1n) is 12.1. The third-order valence-corrected chi connectivity index (χ3v) is 7.62. The number of thiophene rings is 1. The lowest BCUT2D eigenvalue weighted by molar-refractivity contribution is -0.00204. The number of rotatable bonds is 10. The van der Waals surface area contributed by atoms with Crippen molar-refractivity contribution in [2.24, 2.45) is 0 Å². The summed E-state index contributed by atoms with van der Waals surface area (Å²) in [6, 6.07) is 8.27. The Hall–Kier alpha value is -3.41. The Morgan fingerprint density at radius 2 is 2.03 bits per heavy atom. The number of morpholine rings is 1. The highest BCUT2D eigenvalue weighted by Crippen LogP contribution is 2.37. The van der Waals surface area contributed by atoms with Crippen molar-refractivity contribution in [3.05, 3.63) is 88.1 Å². The van der Waals surface area contributed by atoms with Crippen molar-refractivity contribution in [2.75, 3.05) is 32.8 Å². The first-order chi connectivity index (χ1) is 17.8. The lowest BCUT2D eigenvalue weighted by Crippen LogP contribution is -2.62. The minimum atomic E-state index is -0.464. The van der Waals surface area contributed by atoms with Crippen LogP contribution in [0, 0.1) is 0 Å². The number of hydrogen-bond donors (Lipinski definition) is 2. The molecular weight excluding hydrogens is 478 g/mol. The molecule has 4 aromatic rings. The number of allylic oxidation sites excluding steroid dienone is 2. The van der Waals surface area contributed by atoms with Gasteiger partial charge in [-0.1, -0.05) is 11.2 Å². The van der Waals surface area contributed by atoms with E-state index in [1.54, 1.807) is 36.3 Å². The van der Waals surface area contributed by atoms with Gasteiger partial charge >= 0.3 is 0 Å². The number of H-pyrrole nitrogens is 1. The Balaban J connectivity index is 1.43. The Morgan fingerprint density at radius 1 is 1.08 bits per heavy atom. The predicted molar refractivity (Wildman–Crippen MR) is 133 cm³/mol. The van der Waals surface area contributed by atoms with Crippen LogP contribution in [0.15, 0.2) is 74.9 Å². The minimum absolute atomic E-state index is 0.464. The minimum Gasteiger partial charge on any atom is -0.449 e. The monoisotopic (exact) mass is 507 g/mol. The highest BCUT2D eigenvalue weighted by molar-refractivity contribution is 7.09. The number of nitrogens with zero attached hydrogens (tertiary/aromatic N) is 5. The average Bonchev–Trinajstić information content (AvgIpc) is 3.71. The van der Waals surface area contributed by atoms with E-state index in [0.29, 0.717) is 25.3 Å². The highest BCUT2D eigenvalue weighted by atomic mass is 32.1. The quantitative estimate of drug-likeness (QED) is 0.335. The molecule has 2 aliphatic heterocycles. The van der Waals surface area contributed by atoms with Gasteiger partial charge in [-0.05, 0) is 17.5 Å². The van der Waals surface area contributed by atoms with Crippen molar-refractivity contribution in [1.82, 2.24) is 35.5 Å². The third kappa shape index (κ3) is 4.95. The van der Waals surface area contributed by atoms with Crippen LogP contribution in [-0.2, 0) is 30.5 Å². The maximum atomic E-state index is 5.67. The molecule has 188 valence electrons. The molecule has 4 aromatic heterocycles. The number of ether oxygens (including phenoxy) is 1. The van der Waals surface area contributed by atoms with E-state index in [2.05, 4.69) is 53.0 Å². The van der Waals surface area contributed by atoms with Crippen molar-refractivity contribution in [3.63, 3.8) is 0 Å². The van der Waals surface area contributed by atoms with E-state index in [1.807, 2.05) is 12.1 Å². The summed E-state index contributed by atoms with van der Waals surface area (Å²) < 4.78 is 16.6. The fourth-order valence-corrected chi connectivity index (χ4v) is 5.84. The van der Waals surface area contributed by atoms with E-state index in [9.17, 15) is 0 Å². The number of hydrogen-bond acceptors (Lipinski definition) is 10. The molecule has 0 bridgehead atoms. The van der Waals surface area contributed by atoms with Crippen LogP contribution in [0.1, 0.15) is 22.2 Å². The smallest absolute Gasteiger partial charge is 0.199 e. The van der Waals surface area contributed by atoms with Gasteiger partial charge in [0.2, 0.25) is 0 Å². The first-order valence-corrected chi connectivity index (χ1v) is 13.0. The summed E-state index contributed by atoms with van der Waals surface area (Å²) in [6.45, 7) is 4.70. The molecule has 36 heavy (non-hydrogen) atoms. The largest absolute Gasteiger partial charge is 0.449 e. The van der Waals surface area contributed by atoms with Gasteiger partial charge in [-0.2, -0.15) is 5.10 Å². The summed E-state index contributed by atoms with van der Waals surface area (Å²) in [7, 11) is 0. The van der Waals surface area contributed by atoms with Crippen molar-refractivity contribution in [3.8, 4) is 0 Å². The van der Waals surface area contributed by atoms with Crippen LogP contribution in [0.3, 0.4) is 0 Å². The van der Waals surface area contributed by atoms with Gasteiger partial charge in [0, 0.05) is 61.0 Å². The lowest BCUT2D eigenvalue weighted by atomic mass is 10.00. The molecule has 1 atom stereocenters. The molecule has 0 radical (unpaired) electrons. The van der Waals surface area contributed by atoms with Crippen LogP contribution in [0.5, 0.6) is 0 Å². The molecule has 2 aliphatic rings. The standard InChI is InChI=1S/C25H29N7O3S/c1-2-21(36-13-1)14-23-22(15-24-26-6-10-34-24)28-25(16-19-4-9-35-30-19,18-31-7-11-33-12-8-31)32(23)17-20-3-5-27-29-20/h1-6,9-10,13,28H,7-8,11-12,14-18H2,(H,27,29). The van der Waals surface area contributed by atoms with Gasteiger partial charge < -0.3 is 23.9 Å². The predicted octanol–water partition coefficient (Wildman–Crippen LogP) is 2.82. The molecule has 11 heteroatoms. The zero-order chi connectivity index (χ0) is 24.2. The van der Waals surface area contributed by atoms with E-state index in [-0.39, 0.29) is 0 Å². The average molecular weight is 508 g/mol. The Bertz CT molecular complexity index is 1230. The highest BCUT2D eigenvalue weighted by Gasteiger charge is 2.47. The number of nitrogens with one attached hydrogen (secondary N) is 2. The topological polar surface area (TPSA) is 108 Å². The molecule has 6 heterocycles. The summed E-state index contributed by atoms with van der Waals surface area (Å²) >= 11 is 1.77. The zero-order valence-corrected chi connectivity index (χ0v) is 20.7. The first kappa shape index (κ1) is 23.0. The van der Waals surface area contributed by atoms with Crippen LogP contribution in [0.4, 0.5) is 0 Å². The Labute approximate surface area is 212 Å². The van der Waals surface area contributed by atoms with Crippen LogP contribution in [-0.4, -0.2) is 68.6 Å². The summed E-state index contributed by atoms with van der Waals surface area (Å²) in [4.78, 5) is 10.7. The molecule has 1 fully saturated rings. The summed E-state index contributed by atoms with van der Waals surface area (Å²) in [5.41, 5.74) is 3.82. The number of oxazole rings is 1. The Kier molecular flexibility index (Phi) is 6.58. The van der Waals surface area contributed by atoms with Crippen molar-refractivity contribution >= 4 is 11.3 Å². The third-order valence-electron chi connectivity index (χ3n) is 6.75. The summed E-state index contributed by atoms with van der Waals surface area (Å²) in [5.74, 6) is 0.686. The fraction of sp³-hybridized carbons (Fsp3) is 0.400. The second-order valence-electron chi connectivity index (χ2n) is 9.16. The molecule has 10 nitrogen and oxygen atoms in total. The van der Waals surface area contributed by atoms with Crippen molar-refractivity contribution in [2.45, 2.75) is 31.5 Å².